The van der Waals surface area contributed by atoms with Crippen LogP contribution in [0, 0.1) is 11.8 Å². The van der Waals surface area contributed by atoms with Gasteiger partial charge < -0.3 is 33.8 Å². The molecule has 666 valence electrons. The number of carbonyl (C=O) groups is 4. The largest absolute Gasteiger partial charge is 0.472 e. The lowest BCUT2D eigenvalue weighted by molar-refractivity contribution is -0.161. The summed E-state index contributed by atoms with van der Waals surface area (Å²) < 4.78 is 69.1. The van der Waals surface area contributed by atoms with Gasteiger partial charge in [0.2, 0.25) is 0 Å². The molecular weight excluding hydrogens is 1450 g/mol. The third-order valence-electron chi connectivity index (χ3n) is 22.0. The molecule has 0 rings (SSSR count). The molecule has 0 aliphatic rings. The van der Waals surface area contributed by atoms with Gasteiger partial charge in [0.25, 0.3) is 0 Å². The molecule has 0 aliphatic carbocycles. The molecule has 17 nitrogen and oxygen atoms in total. The van der Waals surface area contributed by atoms with Crippen molar-refractivity contribution in [2.45, 2.75) is 522 Å². The number of aliphatic hydroxyl groups excluding tert-OH is 1. The molecule has 0 aromatic rings. The van der Waals surface area contributed by atoms with Gasteiger partial charge in [-0.3, -0.25) is 37.3 Å². The Morgan fingerprint density at radius 1 is 0.241 bits per heavy atom. The predicted octanol–water partition coefficient (Wildman–Crippen LogP) is 29.0. The van der Waals surface area contributed by atoms with Crippen molar-refractivity contribution >= 4 is 39.5 Å². The van der Waals surface area contributed by atoms with Gasteiger partial charge in [0, 0.05) is 25.7 Å². The molecule has 0 amide bonds. The first-order valence-corrected chi connectivity index (χ1v) is 51.0. The molecule has 0 saturated carbocycles. The summed E-state index contributed by atoms with van der Waals surface area (Å²) in [6, 6.07) is 0. The maximum absolute atomic E-state index is 13.2. The van der Waals surface area contributed by atoms with Gasteiger partial charge in [-0.1, -0.05) is 452 Å². The number of phosphoric acid groups is 2. The van der Waals surface area contributed by atoms with Gasteiger partial charge in [-0.2, -0.15) is 0 Å². The van der Waals surface area contributed by atoms with E-state index in [-0.39, 0.29) is 25.7 Å². The number of rotatable bonds is 92. The average Bonchev–Trinajstić information content (AvgIpc) is 0.895. The Bertz CT molecular complexity index is 2130. The van der Waals surface area contributed by atoms with Crippen LogP contribution in [0.25, 0.3) is 0 Å². The SMILES string of the molecule is CCCCCCCCCCCCCCCCCCCCCC(=O)O[C@H](COC(=O)CCCCCCCCCCCCC)COP(=O)(O)OC[C@H](O)COP(=O)(O)OC[C@@H](COC(=O)CCCCCCCCCCCCCCCCCCCCC(C)C)OC(=O)CCCCCCCCCCCCCCCCCCCCC(C)C. The number of hydrogen-bond donors (Lipinski definition) is 3. The second-order valence-electron chi connectivity index (χ2n) is 34.4. The van der Waals surface area contributed by atoms with E-state index < -0.39 is 97.5 Å². The number of carbonyl (C=O) groups excluding carboxylic acids is 4. The summed E-state index contributed by atoms with van der Waals surface area (Å²) in [5.74, 6) is -0.449. The number of aliphatic hydroxyl groups is 1. The second-order valence-corrected chi connectivity index (χ2v) is 37.3. The normalized spacial score (nSPS) is 13.7. The summed E-state index contributed by atoms with van der Waals surface area (Å²) in [7, 11) is -9.94. The zero-order chi connectivity index (χ0) is 82.0. The van der Waals surface area contributed by atoms with E-state index in [9.17, 15) is 43.2 Å². The van der Waals surface area contributed by atoms with Crippen LogP contribution in [0.2, 0.25) is 0 Å². The van der Waals surface area contributed by atoms with Gasteiger partial charge in [-0.05, 0) is 37.5 Å². The van der Waals surface area contributed by atoms with Crippen molar-refractivity contribution in [3.05, 3.63) is 0 Å². The molecule has 0 heterocycles. The third kappa shape index (κ3) is 85.9. The minimum Gasteiger partial charge on any atom is -0.462 e. The molecular formula is C93H182O17P2. The molecule has 0 spiro atoms. The van der Waals surface area contributed by atoms with Crippen molar-refractivity contribution in [2.24, 2.45) is 11.8 Å². The maximum Gasteiger partial charge on any atom is 0.472 e. The van der Waals surface area contributed by atoms with Crippen molar-refractivity contribution in [2.75, 3.05) is 39.6 Å². The minimum absolute atomic E-state index is 0.109. The van der Waals surface area contributed by atoms with E-state index in [0.717, 1.165) is 102 Å². The number of hydrogen-bond acceptors (Lipinski definition) is 15. The fourth-order valence-electron chi connectivity index (χ4n) is 14.7. The summed E-state index contributed by atoms with van der Waals surface area (Å²) in [5.41, 5.74) is 0. The summed E-state index contributed by atoms with van der Waals surface area (Å²) >= 11 is 0. The van der Waals surface area contributed by atoms with Crippen molar-refractivity contribution in [1.82, 2.24) is 0 Å². The zero-order valence-corrected chi connectivity index (χ0v) is 75.8. The molecule has 19 heteroatoms. The summed E-state index contributed by atoms with van der Waals surface area (Å²) in [4.78, 5) is 73.5. The first kappa shape index (κ1) is 110. The van der Waals surface area contributed by atoms with Crippen LogP contribution in [-0.4, -0.2) is 96.7 Å². The van der Waals surface area contributed by atoms with E-state index in [4.69, 9.17) is 37.0 Å². The average molecular weight is 1630 g/mol. The van der Waals surface area contributed by atoms with Gasteiger partial charge in [0.05, 0.1) is 26.4 Å². The van der Waals surface area contributed by atoms with E-state index in [0.29, 0.717) is 25.7 Å². The smallest absolute Gasteiger partial charge is 0.462 e. The van der Waals surface area contributed by atoms with Crippen LogP contribution in [0.4, 0.5) is 0 Å². The molecule has 5 atom stereocenters. The Labute approximate surface area is 689 Å². The van der Waals surface area contributed by atoms with Gasteiger partial charge in [-0.25, -0.2) is 9.13 Å². The van der Waals surface area contributed by atoms with Crippen LogP contribution in [-0.2, 0) is 65.4 Å². The standard InChI is InChI=1S/C93H182O17P2/c1-7-9-11-13-15-17-19-20-21-22-23-31-36-41-47-53-59-65-71-77-92(97)109-88(81-103-90(95)75-69-63-57-51-43-18-16-14-12-10-8-2)83-107-111(99,100)105-79-87(94)80-106-112(101,102)108-84-89(110-93(98)78-72-66-60-54-48-42-37-32-27-25-29-34-39-45-50-56-62-68-74-86(5)6)82-104-91(96)76-70-64-58-52-46-40-35-30-26-24-28-33-38-44-49-55-61-67-73-85(3)4/h85-89,94H,7-84H2,1-6H3,(H,99,100)(H,101,102)/t87-,88+,89+/m0/s1. The highest BCUT2D eigenvalue weighted by Crippen LogP contribution is 2.45. The Balaban J connectivity index is 5.23. The quantitative estimate of drug-likeness (QED) is 0.0222. The molecule has 3 N–H and O–H groups in total. The van der Waals surface area contributed by atoms with Gasteiger partial charge in [0.15, 0.2) is 12.2 Å². The van der Waals surface area contributed by atoms with Gasteiger partial charge >= 0.3 is 39.5 Å². The number of esters is 4. The van der Waals surface area contributed by atoms with E-state index in [2.05, 4.69) is 41.5 Å². The number of phosphoric ester groups is 2. The van der Waals surface area contributed by atoms with Gasteiger partial charge in [-0.15, -0.1) is 0 Å². The van der Waals surface area contributed by atoms with Crippen molar-refractivity contribution in [1.29, 1.82) is 0 Å². The molecule has 0 aromatic carbocycles. The maximum atomic E-state index is 13.2. The molecule has 0 aromatic heterocycles. The molecule has 0 aliphatic heterocycles. The van der Waals surface area contributed by atoms with Crippen LogP contribution in [0.1, 0.15) is 504 Å². The van der Waals surface area contributed by atoms with E-state index >= 15 is 0 Å². The molecule has 0 fully saturated rings. The predicted molar refractivity (Wildman–Crippen MR) is 465 cm³/mol. The third-order valence-corrected chi connectivity index (χ3v) is 23.9. The van der Waals surface area contributed by atoms with Crippen LogP contribution >= 0.6 is 15.6 Å². The van der Waals surface area contributed by atoms with Gasteiger partial charge in [0.1, 0.15) is 19.3 Å². The molecule has 0 bridgehead atoms. The minimum atomic E-state index is -4.97. The van der Waals surface area contributed by atoms with Crippen LogP contribution < -0.4 is 0 Å². The summed E-state index contributed by atoms with van der Waals surface area (Å²) in [6.07, 6.45) is 79.3. The topological polar surface area (TPSA) is 237 Å². The highest BCUT2D eigenvalue weighted by atomic mass is 31.2. The molecule has 2 unspecified atom stereocenters. The fourth-order valence-corrected chi connectivity index (χ4v) is 16.2. The Hall–Kier alpha value is -1.94. The second kappa shape index (κ2) is 84.1. The van der Waals surface area contributed by atoms with Crippen molar-refractivity contribution in [3.63, 3.8) is 0 Å². The number of unbranched alkanes of at least 4 members (excludes halogenated alkanes) is 62. The van der Waals surface area contributed by atoms with Crippen molar-refractivity contribution < 1.29 is 80.2 Å². The monoisotopic (exact) mass is 1630 g/mol. The Kier molecular flexibility index (Phi) is 82.6. The highest BCUT2D eigenvalue weighted by Gasteiger charge is 2.31. The highest BCUT2D eigenvalue weighted by molar-refractivity contribution is 7.47. The zero-order valence-electron chi connectivity index (χ0n) is 74.0. The van der Waals surface area contributed by atoms with E-state index in [1.54, 1.807) is 0 Å². The molecule has 112 heavy (non-hydrogen) atoms. The van der Waals surface area contributed by atoms with E-state index in [1.165, 1.54) is 321 Å². The lowest BCUT2D eigenvalue weighted by Crippen LogP contribution is -2.30. The molecule has 0 radical (unpaired) electrons. The fraction of sp³-hybridized carbons (Fsp3) is 0.957. The van der Waals surface area contributed by atoms with Crippen LogP contribution in [0.5, 0.6) is 0 Å². The summed E-state index contributed by atoms with van der Waals surface area (Å²) in [6.45, 7) is 9.79. The van der Waals surface area contributed by atoms with E-state index in [1.807, 2.05) is 0 Å². The number of ether oxygens (including phenoxy) is 4. The van der Waals surface area contributed by atoms with Crippen molar-refractivity contribution in [3.8, 4) is 0 Å². The lowest BCUT2D eigenvalue weighted by atomic mass is 10.0. The first-order chi connectivity index (χ1) is 54.4. The first-order valence-electron chi connectivity index (χ1n) is 48.0. The van der Waals surface area contributed by atoms with Crippen LogP contribution in [0.3, 0.4) is 0 Å². The molecule has 0 saturated heterocycles. The summed E-state index contributed by atoms with van der Waals surface area (Å²) in [5, 5.41) is 10.7. The van der Waals surface area contributed by atoms with Crippen LogP contribution in [0.15, 0.2) is 0 Å². The Morgan fingerprint density at radius 2 is 0.411 bits per heavy atom. The Morgan fingerprint density at radius 3 is 0.607 bits per heavy atom. The lowest BCUT2D eigenvalue weighted by Gasteiger charge is -2.21.